The summed E-state index contributed by atoms with van der Waals surface area (Å²) in [6.45, 7) is 1.95. The van der Waals surface area contributed by atoms with Gasteiger partial charge in [0.25, 0.3) is 0 Å². The van der Waals surface area contributed by atoms with Crippen LogP contribution in [0.5, 0.6) is 0 Å². The molecule has 0 spiro atoms. The van der Waals surface area contributed by atoms with Gasteiger partial charge in [0.05, 0.1) is 0 Å². The fourth-order valence-corrected chi connectivity index (χ4v) is 2.32. The SMILES string of the molecule is CCC(=C(Br)C(=O)O)c1ccc(SC)cc1. The molecule has 0 fully saturated rings. The van der Waals surface area contributed by atoms with E-state index in [0.717, 1.165) is 11.1 Å². The quantitative estimate of drug-likeness (QED) is 0.674. The monoisotopic (exact) mass is 300 g/mol. The van der Waals surface area contributed by atoms with Crippen molar-refractivity contribution in [1.29, 1.82) is 0 Å². The molecule has 16 heavy (non-hydrogen) atoms. The second kappa shape index (κ2) is 6.11. The highest BCUT2D eigenvalue weighted by atomic mass is 79.9. The van der Waals surface area contributed by atoms with Crippen molar-refractivity contribution in [2.45, 2.75) is 18.2 Å². The van der Waals surface area contributed by atoms with Gasteiger partial charge in [0.1, 0.15) is 4.48 Å². The van der Waals surface area contributed by atoms with Crippen molar-refractivity contribution < 1.29 is 9.90 Å². The zero-order chi connectivity index (χ0) is 12.1. The van der Waals surface area contributed by atoms with E-state index >= 15 is 0 Å². The van der Waals surface area contributed by atoms with Crippen LogP contribution in [0.25, 0.3) is 5.57 Å². The van der Waals surface area contributed by atoms with Gasteiger partial charge < -0.3 is 5.11 Å². The maximum absolute atomic E-state index is 10.9. The smallest absolute Gasteiger partial charge is 0.343 e. The summed E-state index contributed by atoms with van der Waals surface area (Å²) in [7, 11) is 0. The largest absolute Gasteiger partial charge is 0.477 e. The van der Waals surface area contributed by atoms with Crippen molar-refractivity contribution in [2.75, 3.05) is 6.26 Å². The van der Waals surface area contributed by atoms with Crippen LogP contribution < -0.4 is 0 Å². The lowest BCUT2D eigenvalue weighted by molar-refractivity contribution is -0.131. The molecule has 0 bridgehead atoms. The number of benzene rings is 1. The third kappa shape index (κ3) is 3.12. The number of carboxylic acids is 1. The number of carbonyl (C=O) groups is 1. The van der Waals surface area contributed by atoms with Gasteiger partial charge in [-0.15, -0.1) is 11.8 Å². The number of aliphatic carboxylic acids is 1. The van der Waals surface area contributed by atoms with E-state index in [1.165, 1.54) is 4.90 Å². The number of thioether (sulfide) groups is 1. The van der Waals surface area contributed by atoms with E-state index in [4.69, 9.17) is 5.11 Å². The lowest BCUT2D eigenvalue weighted by Gasteiger charge is -2.07. The Labute approximate surface area is 108 Å². The maximum atomic E-state index is 10.9. The molecule has 0 aliphatic rings. The lowest BCUT2D eigenvalue weighted by atomic mass is 10.0. The molecule has 1 N–H and O–H groups in total. The second-order valence-corrected chi connectivity index (χ2v) is 4.85. The van der Waals surface area contributed by atoms with Gasteiger partial charge in [0.2, 0.25) is 0 Å². The van der Waals surface area contributed by atoms with Crippen LogP contribution in [0.1, 0.15) is 18.9 Å². The standard InChI is InChI=1S/C12H13BrO2S/c1-3-10(11(13)12(14)15)8-4-6-9(16-2)7-5-8/h4-7H,3H2,1-2H3,(H,14,15). The van der Waals surface area contributed by atoms with Gasteiger partial charge in [-0.25, -0.2) is 4.79 Å². The van der Waals surface area contributed by atoms with Crippen LogP contribution in [0.15, 0.2) is 33.6 Å². The highest BCUT2D eigenvalue weighted by molar-refractivity contribution is 9.12. The minimum Gasteiger partial charge on any atom is -0.477 e. The van der Waals surface area contributed by atoms with Crippen molar-refractivity contribution in [1.82, 2.24) is 0 Å². The Bertz CT molecular complexity index is 410. The molecule has 0 aliphatic carbocycles. The van der Waals surface area contributed by atoms with Crippen LogP contribution in [0, 0.1) is 0 Å². The number of hydrogen-bond donors (Lipinski definition) is 1. The van der Waals surface area contributed by atoms with Crippen LogP contribution in [-0.4, -0.2) is 17.3 Å². The summed E-state index contributed by atoms with van der Waals surface area (Å²) >= 11 is 4.78. The molecule has 0 aromatic heterocycles. The normalized spacial score (nSPS) is 12.2. The summed E-state index contributed by atoms with van der Waals surface area (Å²) < 4.78 is 0.243. The molecule has 0 amide bonds. The summed E-state index contributed by atoms with van der Waals surface area (Å²) in [6, 6.07) is 7.90. The summed E-state index contributed by atoms with van der Waals surface area (Å²) in [6.07, 6.45) is 2.70. The number of hydrogen-bond acceptors (Lipinski definition) is 2. The van der Waals surface area contributed by atoms with Crippen LogP contribution in [-0.2, 0) is 4.79 Å². The van der Waals surface area contributed by atoms with Crippen LogP contribution >= 0.6 is 27.7 Å². The average Bonchev–Trinajstić information content (AvgIpc) is 2.30. The van der Waals surface area contributed by atoms with Crippen LogP contribution in [0.2, 0.25) is 0 Å². The Morgan fingerprint density at radius 3 is 2.31 bits per heavy atom. The molecule has 0 saturated heterocycles. The minimum atomic E-state index is -0.925. The zero-order valence-corrected chi connectivity index (χ0v) is 11.6. The molecule has 2 nitrogen and oxygen atoms in total. The van der Waals surface area contributed by atoms with Gasteiger partial charge in [0, 0.05) is 4.90 Å². The Morgan fingerprint density at radius 1 is 1.38 bits per heavy atom. The van der Waals surface area contributed by atoms with Gasteiger partial charge in [-0.3, -0.25) is 0 Å². The molecule has 0 unspecified atom stereocenters. The van der Waals surface area contributed by atoms with E-state index in [-0.39, 0.29) is 4.48 Å². The molecular formula is C12H13BrO2S. The molecule has 86 valence electrons. The molecule has 0 saturated carbocycles. The first-order valence-electron chi connectivity index (χ1n) is 4.86. The van der Waals surface area contributed by atoms with Crippen molar-refractivity contribution in [3.63, 3.8) is 0 Å². The predicted octanol–water partition coefficient (Wildman–Crippen LogP) is 4.01. The van der Waals surface area contributed by atoms with Gasteiger partial charge in [0.15, 0.2) is 0 Å². The zero-order valence-electron chi connectivity index (χ0n) is 9.16. The molecular weight excluding hydrogens is 288 g/mol. The second-order valence-electron chi connectivity index (χ2n) is 3.18. The predicted molar refractivity (Wildman–Crippen MR) is 72.0 cm³/mol. The number of allylic oxidation sites excluding steroid dienone is 1. The first kappa shape index (κ1) is 13.3. The van der Waals surface area contributed by atoms with E-state index in [2.05, 4.69) is 15.9 Å². The lowest BCUT2D eigenvalue weighted by Crippen LogP contribution is -1.98. The van der Waals surface area contributed by atoms with Gasteiger partial charge in [-0.2, -0.15) is 0 Å². The number of carboxylic acid groups (broad SMARTS) is 1. The highest BCUT2D eigenvalue weighted by Gasteiger charge is 2.11. The van der Waals surface area contributed by atoms with E-state index in [0.29, 0.717) is 6.42 Å². The Balaban J connectivity index is 3.14. The van der Waals surface area contributed by atoms with Crippen LogP contribution in [0.4, 0.5) is 0 Å². The molecule has 0 radical (unpaired) electrons. The first-order chi connectivity index (χ1) is 7.60. The summed E-state index contributed by atoms with van der Waals surface area (Å²) in [5, 5.41) is 8.94. The third-order valence-electron chi connectivity index (χ3n) is 2.24. The summed E-state index contributed by atoms with van der Waals surface area (Å²) in [4.78, 5) is 12.1. The first-order valence-corrected chi connectivity index (χ1v) is 6.88. The molecule has 0 heterocycles. The fourth-order valence-electron chi connectivity index (χ4n) is 1.41. The van der Waals surface area contributed by atoms with Crippen molar-refractivity contribution in [3.05, 3.63) is 34.3 Å². The Kier molecular flexibility index (Phi) is 5.09. The number of rotatable bonds is 4. The topological polar surface area (TPSA) is 37.3 Å². The molecule has 1 aromatic rings. The van der Waals surface area contributed by atoms with Gasteiger partial charge in [-0.1, -0.05) is 19.1 Å². The average molecular weight is 301 g/mol. The van der Waals surface area contributed by atoms with Crippen LogP contribution in [0.3, 0.4) is 0 Å². The molecule has 0 atom stereocenters. The van der Waals surface area contributed by atoms with E-state index in [1.54, 1.807) is 11.8 Å². The highest BCUT2D eigenvalue weighted by Crippen LogP contribution is 2.27. The number of halogens is 1. The molecule has 4 heteroatoms. The Morgan fingerprint density at radius 2 is 1.94 bits per heavy atom. The minimum absolute atomic E-state index is 0.243. The third-order valence-corrected chi connectivity index (χ3v) is 3.81. The molecule has 1 aromatic carbocycles. The van der Waals surface area contributed by atoms with E-state index in [9.17, 15) is 4.79 Å². The van der Waals surface area contributed by atoms with Crippen molar-refractivity contribution in [3.8, 4) is 0 Å². The summed E-state index contributed by atoms with van der Waals surface area (Å²) in [5.41, 5.74) is 1.77. The fraction of sp³-hybridized carbons (Fsp3) is 0.250. The van der Waals surface area contributed by atoms with E-state index < -0.39 is 5.97 Å². The van der Waals surface area contributed by atoms with Crippen molar-refractivity contribution in [2.24, 2.45) is 0 Å². The Hall–Kier alpha value is -0.740. The maximum Gasteiger partial charge on any atom is 0.343 e. The van der Waals surface area contributed by atoms with E-state index in [1.807, 2.05) is 37.4 Å². The molecule has 1 rings (SSSR count). The van der Waals surface area contributed by atoms with Gasteiger partial charge >= 0.3 is 5.97 Å². The summed E-state index contributed by atoms with van der Waals surface area (Å²) in [5.74, 6) is -0.925. The van der Waals surface area contributed by atoms with Gasteiger partial charge in [-0.05, 0) is 51.9 Å². The molecule has 0 aliphatic heterocycles. The van der Waals surface area contributed by atoms with Crippen molar-refractivity contribution >= 4 is 39.2 Å².